The fourth-order valence-corrected chi connectivity index (χ4v) is 1.33. The van der Waals surface area contributed by atoms with Crippen LogP contribution in [-0.2, 0) is 9.47 Å². The molecule has 0 unspecified atom stereocenters. The Labute approximate surface area is 86.5 Å². The fraction of sp³-hybridized carbons (Fsp3) is 0.400. The topological polar surface area (TPSA) is 36.9 Å². The highest BCUT2D eigenvalue weighted by molar-refractivity contribution is 5.41. The molecule has 0 fully saturated rings. The Hall–Kier alpha value is -1.33. The molecule has 5 heteroatoms. The summed E-state index contributed by atoms with van der Waals surface area (Å²) in [5.74, 6) is -0.952. The van der Waals surface area contributed by atoms with Crippen molar-refractivity contribution >= 4 is 0 Å². The second kappa shape index (κ2) is 3.67. The molecule has 0 saturated heterocycles. The number of hydrogen-bond acceptors (Lipinski definition) is 4. The van der Waals surface area contributed by atoms with Crippen LogP contribution < -0.4 is 9.47 Å². The van der Waals surface area contributed by atoms with E-state index in [4.69, 9.17) is 18.9 Å². The van der Waals surface area contributed by atoms with Gasteiger partial charge in [-0.15, -0.1) is 0 Å². The van der Waals surface area contributed by atoms with Crippen molar-refractivity contribution in [3.05, 3.63) is 24.0 Å². The van der Waals surface area contributed by atoms with Crippen LogP contribution in [0.4, 0.5) is 4.39 Å². The number of benzene rings is 1. The third-order valence-corrected chi connectivity index (χ3v) is 2.20. The Bertz CT molecular complexity index is 362. The highest BCUT2D eigenvalue weighted by Crippen LogP contribution is 2.36. The van der Waals surface area contributed by atoms with Gasteiger partial charge in [0.25, 0.3) is 0 Å². The molecule has 1 heterocycles. The average molecular weight is 214 g/mol. The molecule has 2 rings (SSSR count). The van der Waals surface area contributed by atoms with Gasteiger partial charge in [-0.25, -0.2) is 4.39 Å². The van der Waals surface area contributed by atoms with Crippen LogP contribution in [0.15, 0.2) is 18.2 Å². The van der Waals surface area contributed by atoms with Gasteiger partial charge in [-0.3, -0.25) is 0 Å². The van der Waals surface area contributed by atoms with Crippen LogP contribution in [0, 0.1) is 5.82 Å². The first-order valence-corrected chi connectivity index (χ1v) is 4.41. The lowest BCUT2D eigenvalue weighted by atomic mass is 10.3. The van der Waals surface area contributed by atoms with E-state index in [0.717, 1.165) is 0 Å². The summed E-state index contributed by atoms with van der Waals surface area (Å²) in [6, 6.07) is 4.02. The quantitative estimate of drug-likeness (QED) is 0.700. The summed E-state index contributed by atoms with van der Waals surface area (Å²) in [5, 5.41) is 0. The lowest BCUT2D eigenvalue weighted by Crippen LogP contribution is -2.48. The summed E-state index contributed by atoms with van der Waals surface area (Å²) in [4.78, 5) is 0. The van der Waals surface area contributed by atoms with E-state index in [-0.39, 0.29) is 12.4 Å². The van der Waals surface area contributed by atoms with Crippen molar-refractivity contribution in [1.29, 1.82) is 0 Å². The van der Waals surface area contributed by atoms with Crippen LogP contribution >= 0.6 is 0 Å². The first-order chi connectivity index (χ1) is 7.19. The van der Waals surface area contributed by atoms with E-state index in [1.54, 1.807) is 0 Å². The van der Waals surface area contributed by atoms with Gasteiger partial charge in [-0.2, -0.15) is 0 Å². The van der Waals surface area contributed by atoms with Crippen LogP contribution in [0.3, 0.4) is 0 Å². The molecule has 0 saturated carbocycles. The molecule has 1 aromatic rings. The summed E-state index contributed by atoms with van der Waals surface area (Å²) >= 11 is 0. The summed E-state index contributed by atoms with van der Waals surface area (Å²) in [6.45, 7) is 0.0959. The van der Waals surface area contributed by atoms with Gasteiger partial charge in [0.15, 0.2) is 18.1 Å². The smallest absolute Gasteiger partial charge is 0.363 e. The first kappa shape index (κ1) is 10.2. The molecule has 0 radical (unpaired) electrons. The van der Waals surface area contributed by atoms with Crippen LogP contribution in [0.2, 0.25) is 0 Å². The average Bonchev–Trinajstić information content (AvgIpc) is 2.28. The highest BCUT2D eigenvalue weighted by Gasteiger charge is 2.38. The van der Waals surface area contributed by atoms with Gasteiger partial charge in [0.1, 0.15) is 5.82 Å². The van der Waals surface area contributed by atoms with Gasteiger partial charge in [-0.1, -0.05) is 0 Å². The van der Waals surface area contributed by atoms with Crippen molar-refractivity contribution in [2.24, 2.45) is 0 Å². The van der Waals surface area contributed by atoms with Crippen molar-refractivity contribution in [3.8, 4) is 11.5 Å². The predicted molar refractivity (Wildman–Crippen MR) is 49.3 cm³/mol. The lowest BCUT2D eigenvalue weighted by Gasteiger charge is -2.34. The van der Waals surface area contributed by atoms with E-state index >= 15 is 0 Å². The molecule has 0 N–H and O–H groups in total. The largest absolute Gasteiger partial charge is 0.480 e. The van der Waals surface area contributed by atoms with Crippen LogP contribution in [-0.4, -0.2) is 26.8 Å². The number of fused-ring (bicyclic) bond motifs is 1. The summed E-state index contributed by atoms with van der Waals surface area (Å²) in [7, 11) is 2.86. The standard InChI is InChI=1S/C10H11FO4/c1-12-10(13-2)6-14-8-4-3-7(11)5-9(8)15-10/h3-5H,6H2,1-2H3. The van der Waals surface area contributed by atoms with Gasteiger partial charge in [-0.05, 0) is 12.1 Å². The Kier molecular flexibility index (Phi) is 2.50. The van der Waals surface area contributed by atoms with E-state index in [9.17, 15) is 4.39 Å². The molecule has 0 atom stereocenters. The number of rotatable bonds is 2. The zero-order valence-corrected chi connectivity index (χ0v) is 8.45. The Morgan fingerprint density at radius 1 is 1.27 bits per heavy atom. The maximum Gasteiger partial charge on any atom is 0.363 e. The van der Waals surface area contributed by atoms with Crippen molar-refractivity contribution in [2.75, 3.05) is 20.8 Å². The highest BCUT2D eigenvalue weighted by atomic mass is 19.1. The molecule has 82 valence electrons. The SMILES string of the molecule is COC1(OC)COc2ccc(F)cc2O1. The number of halogens is 1. The van der Waals surface area contributed by atoms with Crippen molar-refractivity contribution in [3.63, 3.8) is 0 Å². The third-order valence-electron chi connectivity index (χ3n) is 2.20. The maximum absolute atomic E-state index is 12.9. The molecule has 1 aliphatic rings. The summed E-state index contributed by atoms with van der Waals surface area (Å²) in [6.07, 6.45) is 0. The first-order valence-electron chi connectivity index (χ1n) is 4.41. The van der Waals surface area contributed by atoms with Crippen molar-refractivity contribution < 1.29 is 23.3 Å². The Morgan fingerprint density at radius 2 is 2.00 bits per heavy atom. The second-order valence-corrected chi connectivity index (χ2v) is 3.07. The minimum absolute atomic E-state index is 0.0959. The van der Waals surface area contributed by atoms with E-state index in [1.165, 1.54) is 32.4 Å². The minimum Gasteiger partial charge on any atom is -0.480 e. The minimum atomic E-state index is -1.29. The monoisotopic (exact) mass is 214 g/mol. The van der Waals surface area contributed by atoms with Crippen LogP contribution in [0.5, 0.6) is 11.5 Å². The third kappa shape index (κ3) is 1.75. The van der Waals surface area contributed by atoms with E-state index in [2.05, 4.69) is 0 Å². The van der Waals surface area contributed by atoms with Gasteiger partial charge in [0.2, 0.25) is 0 Å². The molecule has 0 amide bonds. The van der Waals surface area contributed by atoms with Crippen LogP contribution in [0.1, 0.15) is 0 Å². The van der Waals surface area contributed by atoms with Crippen molar-refractivity contribution in [2.45, 2.75) is 5.97 Å². The number of methoxy groups -OCH3 is 2. The molecular weight excluding hydrogens is 203 g/mol. The molecule has 1 aromatic carbocycles. The van der Waals surface area contributed by atoms with E-state index in [0.29, 0.717) is 5.75 Å². The number of ether oxygens (including phenoxy) is 4. The van der Waals surface area contributed by atoms with Gasteiger partial charge < -0.3 is 18.9 Å². The van der Waals surface area contributed by atoms with Gasteiger partial charge in [0.05, 0.1) is 0 Å². The number of hydrogen-bond donors (Lipinski definition) is 0. The summed E-state index contributed by atoms with van der Waals surface area (Å²) < 4.78 is 33.7. The maximum atomic E-state index is 12.9. The van der Waals surface area contributed by atoms with Crippen LogP contribution in [0.25, 0.3) is 0 Å². The molecule has 0 aliphatic carbocycles. The normalized spacial score (nSPS) is 17.5. The molecular formula is C10H11FO4. The molecule has 15 heavy (non-hydrogen) atoms. The zero-order valence-electron chi connectivity index (χ0n) is 8.45. The summed E-state index contributed by atoms with van der Waals surface area (Å²) in [5.41, 5.74) is 0. The van der Waals surface area contributed by atoms with Gasteiger partial charge in [0, 0.05) is 20.3 Å². The second-order valence-electron chi connectivity index (χ2n) is 3.07. The Morgan fingerprint density at radius 3 is 2.67 bits per heavy atom. The molecule has 4 nitrogen and oxygen atoms in total. The van der Waals surface area contributed by atoms with Crippen molar-refractivity contribution in [1.82, 2.24) is 0 Å². The lowest BCUT2D eigenvalue weighted by molar-refractivity contribution is -0.340. The molecule has 1 aliphatic heterocycles. The predicted octanol–water partition coefficient (Wildman–Crippen LogP) is 1.54. The Balaban J connectivity index is 2.32. The van der Waals surface area contributed by atoms with E-state index in [1.807, 2.05) is 0 Å². The molecule has 0 aromatic heterocycles. The molecule has 0 spiro atoms. The molecule has 0 bridgehead atoms. The zero-order chi connectivity index (χ0) is 10.9. The van der Waals surface area contributed by atoms with E-state index < -0.39 is 11.8 Å². The fourth-order valence-electron chi connectivity index (χ4n) is 1.33. The van der Waals surface area contributed by atoms with Gasteiger partial charge >= 0.3 is 5.97 Å².